The number of nitrogens with zero attached hydrogens (tertiary/aromatic N) is 4. The fourth-order valence-electron chi connectivity index (χ4n) is 4.63. The predicted molar refractivity (Wildman–Crippen MR) is 140 cm³/mol. The van der Waals surface area contributed by atoms with Gasteiger partial charge < -0.3 is 19.9 Å². The van der Waals surface area contributed by atoms with Crippen molar-refractivity contribution in [1.29, 1.82) is 0 Å². The number of H-pyrrole nitrogens is 1. The number of piperazine rings is 1. The van der Waals surface area contributed by atoms with Gasteiger partial charge in [0.25, 0.3) is 0 Å². The number of aromatic nitrogens is 3. The molecule has 0 spiro atoms. The zero-order valence-corrected chi connectivity index (χ0v) is 21.5. The number of aromatic amines is 1. The van der Waals surface area contributed by atoms with E-state index < -0.39 is 17.8 Å². The van der Waals surface area contributed by atoms with Gasteiger partial charge in [0.05, 0.1) is 27.7 Å². The molecule has 1 fully saturated rings. The number of hydrogen-bond donors (Lipinski definition) is 2. The predicted octanol–water partition coefficient (Wildman–Crippen LogP) is 6.72. The van der Waals surface area contributed by atoms with Crippen LogP contribution in [-0.2, 0) is 6.18 Å². The van der Waals surface area contributed by atoms with Crippen molar-refractivity contribution < 1.29 is 18.3 Å². The van der Waals surface area contributed by atoms with Crippen LogP contribution in [0.2, 0.25) is 10.0 Å². The molecule has 1 aliphatic rings. The van der Waals surface area contributed by atoms with Gasteiger partial charge in [0.2, 0.25) is 5.95 Å². The number of aliphatic hydroxyl groups is 1. The summed E-state index contributed by atoms with van der Waals surface area (Å²) in [6.45, 7) is 5.38. The first kappa shape index (κ1) is 25.6. The molecule has 2 atom stereocenters. The van der Waals surface area contributed by atoms with Gasteiger partial charge in [-0.2, -0.15) is 13.2 Å². The number of aliphatic hydroxyl groups excluding tert-OH is 1. The monoisotopic (exact) mass is 549 g/mol. The van der Waals surface area contributed by atoms with E-state index in [2.05, 4.69) is 19.9 Å². The molecular weight excluding hydrogens is 526 g/mol. The SMILES string of the molecule is C[C@@H]1CN(c2ncc([C@@H](C)O)cc2Cl)CCN1c1nc2cc(C(F)(F)F)cc(-c3ccc(Cl)cc3)c2[nH]1. The fourth-order valence-corrected chi connectivity index (χ4v) is 5.05. The topological polar surface area (TPSA) is 68.3 Å². The maximum atomic E-state index is 13.7. The first-order chi connectivity index (χ1) is 17.5. The molecule has 6 nitrogen and oxygen atoms in total. The normalized spacial score (nSPS) is 17.5. The molecule has 194 valence electrons. The van der Waals surface area contributed by atoms with E-state index in [0.29, 0.717) is 63.7 Å². The molecule has 1 aliphatic heterocycles. The summed E-state index contributed by atoms with van der Waals surface area (Å²) in [6, 6.07) is 10.6. The van der Waals surface area contributed by atoms with E-state index in [9.17, 15) is 18.3 Å². The highest BCUT2D eigenvalue weighted by Gasteiger charge is 2.33. The van der Waals surface area contributed by atoms with Gasteiger partial charge in [-0.15, -0.1) is 0 Å². The highest BCUT2D eigenvalue weighted by molar-refractivity contribution is 6.33. The molecule has 1 saturated heterocycles. The van der Waals surface area contributed by atoms with Gasteiger partial charge >= 0.3 is 6.18 Å². The molecule has 11 heteroatoms. The largest absolute Gasteiger partial charge is 0.416 e. The van der Waals surface area contributed by atoms with Crippen molar-refractivity contribution >= 4 is 46.0 Å². The number of alkyl halides is 3. The highest BCUT2D eigenvalue weighted by Crippen LogP contribution is 2.38. The molecule has 2 aromatic carbocycles. The van der Waals surface area contributed by atoms with Gasteiger partial charge in [0.1, 0.15) is 5.82 Å². The van der Waals surface area contributed by atoms with Crippen LogP contribution in [0, 0.1) is 0 Å². The van der Waals surface area contributed by atoms with Crippen LogP contribution < -0.4 is 9.80 Å². The molecule has 0 radical (unpaired) electrons. The number of halogens is 5. The van der Waals surface area contributed by atoms with Gasteiger partial charge in [0, 0.05) is 48.0 Å². The Bertz CT molecular complexity index is 1440. The van der Waals surface area contributed by atoms with Crippen molar-refractivity contribution in [3.8, 4) is 11.1 Å². The molecular formula is C26H24Cl2F3N5O. The Kier molecular flexibility index (Phi) is 6.72. The zero-order chi connectivity index (χ0) is 26.5. The second kappa shape index (κ2) is 9.70. The second-order valence-corrected chi connectivity index (χ2v) is 10.1. The first-order valence-electron chi connectivity index (χ1n) is 11.7. The molecule has 0 unspecified atom stereocenters. The van der Waals surface area contributed by atoms with Gasteiger partial charge in [0.15, 0.2) is 0 Å². The minimum absolute atomic E-state index is 0.0373. The Morgan fingerprint density at radius 3 is 2.46 bits per heavy atom. The van der Waals surface area contributed by atoms with Crippen molar-refractivity contribution in [3.63, 3.8) is 0 Å². The summed E-state index contributed by atoms with van der Waals surface area (Å²) < 4.78 is 41.1. The smallest absolute Gasteiger partial charge is 0.389 e. The van der Waals surface area contributed by atoms with Crippen molar-refractivity contribution in [2.75, 3.05) is 29.4 Å². The van der Waals surface area contributed by atoms with Crippen LogP contribution in [0.1, 0.15) is 31.1 Å². The molecule has 2 aromatic heterocycles. The Balaban J connectivity index is 1.47. The Labute approximate surface area is 221 Å². The summed E-state index contributed by atoms with van der Waals surface area (Å²) in [5.74, 6) is 1.13. The van der Waals surface area contributed by atoms with Crippen LogP contribution in [0.25, 0.3) is 22.2 Å². The van der Waals surface area contributed by atoms with E-state index in [1.165, 1.54) is 0 Å². The molecule has 0 bridgehead atoms. The van der Waals surface area contributed by atoms with Gasteiger partial charge in [-0.25, -0.2) is 9.97 Å². The van der Waals surface area contributed by atoms with E-state index in [1.54, 1.807) is 43.5 Å². The van der Waals surface area contributed by atoms with Crippen molar-refractivity contribution in [2.45, 2.75) is 32.2 Å². The number of nitrogens with one attached hydrogen (secondary N) is 1. The molecule has 5 rings (SSSR count). The lowest BCUT2D eigenvalue weighted by Crippen LogP contribution is -2.52. The number of anilines is 2. The van der Waals surface area contributed by atoms with Gasteiger partial charge in [-0.05, 0) is 49.7 Å². The molecule has 2 N–H and O–H groups in total. The van der Waals surface area contributed by atoms with E-state index in [4.69, 9.17) is 23.2 Å². The maximum Gasteiger partial charge on any atom is 0.416 e. The summed E-state index contributed by atoms with van der Waals surface area (Å²) in [4.78, 5) is 16.4. The van der Waals surface area contributed by atoms with Crippen LogP contribution in [0.3, 0.4) is 0 Å². The Hall–Kier alpha value is -3.01. The third kappa shape index (κ3) is 5.08. The third-order valence-electron chi connectivity index (χ3n) is 6.59. The molecule has 0 saturated carbocycles. The summed E-state index contributed by atoms with van der Waals surface area (Å²) in [5.41, 5.74) is 1.65. The summed E-state index contributed by atoms with van der Waals surface area (Å²) >= 11 is 12.4. The lowest BCUT2D eigenvalue weighted by molar-refractivity contribution is -0.137. The molecule has 3 heterocycles. The van der Waals surface area contributed by atoms with Crippen LogP contribution in [0.15, 0.2) is 48.7 Å². The van der Waals surface area contributed by atoms with E-state index in [1.807, 2.05) is 11.8 Å². The Morgan fingerprint density at radius 2 is 1.84 bits per heavy atom. The number of hydrogen-bond acceptors (Lipinski definition) is 5. The average molecular weight is 550 g/mol. The number of imidazole rings is 1. The second-order valence-electron chi connectivity index (χ2n) is 9.22. The fraction of sp³-hybridized carbons (Fsp3) is 0.308. The van der Waals surface area contributed by atoms with E-state index in [-0.39, 0.29) is 11.6 Å². The lowest BCUT2D eigenvalue weighted by atomic mass is 10.0. The third-order valence-corrected chi connectivity index (χ3v) is 7.12. The number of rotatable bonds is 4. The zero-order valence-electron chi connectivity index (χ0n) is 20.0. The van der Waals surface area contributed by atoms with Crippen LogP contribution >= 0.6 is 23.2 Å². The quantitative estimate of drug-likeness (QED) is 0.295. The van der Waals surface area contributed by atoms with Gasteiger partial charge in [-0.1, -0.05) is 35.3 Å². The Morgan fingerprint density at radius 1 is 1.11 bits per heavy atom. The van der Waals surface area contributed by atoms with Crippen molar-refractivity contribution in [1.82, 2.24) is 15.0 Å². The van der Waals surface area contributed by atoms with Crippen LogP contribution in [-0.4, -0.2) is 45.7 Å². The molecule has 0 aliphatic carbocycles. The number of fused-ring (bicyclic) bond motifs is 1. The van der Waals surface area contributed by atoms with E-state index in [0.717, 1.165) is 12.1 Å². The van der Waals surface area contributed by atoms with Crippen molar-refractivity contribution in [3.05, 3.63) is 69.8 Å². The maximum absolute atomic E-state index is 13.7. The average Bonchev–Trinajstić information content (AvgIpc) is 3.27. The first-order valence-corrected chi connectivity index (χ1v) is 12.5. The lowest BCUT2D eigenvalue weighted by Gasteiger charge is -2.40. The number of benzene rings is 2. The van der Waals surface area contributed by atoms with Crippen LogP contribution in [0.4, 0.5) is 24.9 Å². The van der Waals surface area contributed by atoms with Crippen LogP contribution in [0.5, 0.6) is 0 Å². The summed E-state index contributed by atoms with van der Waals surface area (Å²) in [5, 5.41) is 10.7. The van der Waals surface area contributed by atoms with E-state index >= 15 is 0 Å². The number of pyridine rings is 1. The minimum Gasteiger partial charge on any atom is -0.389 e. The highest BCUT2D eigenvalue weighted by atomic mass is 35.5. The summed E-state index contributed by atoms with van der Waals surface area (Å²) in [7, 11) is 0. The van der Waals surface area contributed by atoms with Crippen molar-refractivity contribution in [2.24, 2.45) is 0 Å². The summed E-state index contributed by atoms with van der Waals surface area (Å²) in [6.07, 6.45) is -3.57. The minimum atomic E-state index is -4.51. The molecule has 37 heavy (non-hydrogen) atoms. The standard InChI is InChI=1S/C26H24Cl2F3N5O/c1-14-13-35(24-21(28)9-17(12-32-24)15(2)37)7-8-36(14)25-33-22-11-18(26(29,30)31)10-20(23(22)34-25)16-3-5-19(27)6-4-16/h3-6,9-12,14-15,37H,7-8,13H2,1-2H3,(H,33,34)/t14-,15-/m1/s1. The molecule has 4 aromatic rings. The van der Waals surface area contributed by atoms with Gasteiger partial charge in [-0.3, -0.25) is 0 Å². The molecule has 0 amide bonds.